The number of amides is 1. The van der Waals surface area contributed by atoms with Gasteiger partial charge in [-0.2, -0.15) is 15.4 Å². The lowest BCUT2D eigenvalue weighted by Gasteiger charge is -2.34. The molecule has 2 saturated carbocycles. The van der Waals surface area contributed by atoms with Crippen LogP contribution in [0.3, 0.4) is 0 Å². The number of hydrogen-bond acceptors (Lipinski definition) is 5. The van der Waals surface area contributed by atoms with Crippen molar-refractivity contribution in [2.45, 2.75) is 56.5 Å². The van der Waals surface area contributed by atoms with Crippen LogP contribution < -0.4 is 0 Å². The first-order valence-corrected chi connectivity index (χ1v) is 11.5. The molecule has 4 atom stereocenters. The molecule has 5 rings (SSSR count). The highest BCUT2D eigenvalue weighted by Gasteiger charge is 2.55. The number of aromatic amines is 1. The van der Waals surface area contributed by atoms with Gasteiger partial charge in [-0.1, -0.05) is 24.3 Å². The minimum absolute atomic E-state index is 0.0463. The molecular weight excluding hydrogens is 408 g/mol. The Bertz CT molecular complexity index is 966. The molecule has 0 bridgehead atoms. The fourth-order valence-corrected chi connectivity index (χ4v) is 5.97. The first kappa shape index (κ1) is 21.1. The van der Waals surface area contributed by atoms with Crippen LogP contribution in [0.1, 0.15) is 72.0 Å². The van der Waals surface area contributed by atoms with E-state index < -0.39 is 5.97 Å². The summed E-state index contributed by atoms with van der Waals surface area (Å²) in [6.45, 7) is 1.52. The number of piperidine rings is 1. The summed E-state index contributed by atoms with van der Waals surface area (Å²) in [6, 6.07) is 8.79. The highest BCUT2D eigenvalue weighted by atomic mass is 16.5. The lowest BCUT2D eigenvalue weighted by Crippen LogP contribution is -2.39. The zero-order chi connectivity index (χ0) is 22.3. The van der Waals surface area contributed by atoms with Crippen molar-refractivity contribution in [2.75, 3.05) is 20.2 Å². The number of rotatable bonds is 5. The number of ether oxygens (including phenoxy) is 1. The molecule has 1 aromatic carbocycles. The summed E-state index contributed by atoms with van der Waals surface area (Å²) in [5.41, 5.74) is 3.21. The molecule has 2 heterocycles. The van der Waals surface area contributed by atoms with Gasteiger partial charge >= 0.3 is 5.97 Å². The molecule has 0 radical (unpaired) electrons. The molecule has 1 saturated heterocycles. The van der Waals surface area contributed by atoms with Crippen LogP contribution in [0.5, 0.6) is 0 Å². The van der Waals surface area contributed by atoms with Gasteiger partial charge in [-0.3, -0.25) is 9.59 Å². The Morgan fingerprint density at radius 2 is 1.88 bits per heavy atom. The predicted octanol–water partition coefficient (Wildman–Crippen LogP) is 3.20. The molecule has 3 unspecified atom stereocenters. The van der Waals surface area contributed by atoms with Crippen LogP contribution in [0, 0.1) is 11.3 Å². The van der Waals surface area contributed by atoms with Gasteiger partial charge in [0.15, 0.2) is 5.69 Å². The van der Waals surface area contributed by atoms with Crippen LogP contribution in [0.2, 0.25) is 0 Å². The van der Waals surface area contributed by atoms with Gasteiger partial charge in [0, 0.05) is 26.1 Å². The van der Waals surface area contributed by atoms with Gasteiger partial charge in [0.05, 0.1) is 18.2 Å². The maximum atomic E-state index is 12.5. The van der Waals surface area contributed by atoms with Crippen LogP contribution in [0.15, 0.2) is 30.5 Å². The third kappa shape index (κ3) is 3.81. The number of nitrogens with zero attached hydrogens (tertiary/aromatic N) is 3. The summed E-state index contributed by atoms with van der Waals surface area (Å²) in [5.74, 6) is -0.368. The fraction of sp³-hybridized carbons (Fsp3) is 0.583. The Morgan fingerprint density at radius 3 is 2.50 bits per heavy atom. The van der Waals surface area contributed by atoms with E-state index in [4.69, 9.17) is 4.74 Å². The Kier molecular flexibility index (Phi) is 5.49. The Morgan fingerprint density at radius 1 is 1.16 bits per heavy atom. The van der Waals surface area contributed by atoms with Gasteiger partial charge in [0.1, 0.15) is 0 Å². The number of likely N-dealkylation sites (tertiary alicyclic amines) is 1. The van der Waals surface area contributed by atoms with E-state index in [1.807, 2.05) is 4.90 Å². The maximum absolute atomic E-state index is 12.5. The van der Waals surface area contributed by atoms with Crippen LogP contribution in [-0.4, -0.2) is 63.6 Å². The largest absolute Gasteiger partial charge is 0.481 e. The molecule has 32 heavy (non-hydrogen) atoms. The number of carbonyl (C=O) groups is 2. The standard InChI is InChI=1S/C24H30N4O4/c1-32-21-7-6-17(23(30)31)12-18(21)15-2-4-16(5-3-15)19-13-24(19)8-10-28(11-9-24)22(29)20-14-25-27-26-20/h2-5,14,17-19,21H,6-13H2,1H3,(H,30,31)(H,25,26,27)/t17?,18-,19?,21?/m1/s1. The number of aliphatic carboxylic acids is 1. The van der Waals surface area contributed by atoms with Crippen LogP contribution in [-0.2, 0) is 9.53 Å². The van der Waals surface area contributed by atoms with Crippen molar-refractivity contribution in [1.29, 1.82) is 0 Å². The summed E-state index contributed by atoms with van der Waals surface area (Å²) in [7, 11) is 1.72. The molecular formula is C24H30N4O4. The SMILES string of the molecule is COC1CCC(C(=O)O)C[C@@H]1c1ccc(C2CC23CCN(C(=O)c2cn[nH]n2)CC3)cc1. The molecule has 8 nitrogen and oxygen atoms in total. The quantitative estimate of drug-likeness (QED) is 0.742. The third-order valence-electron chi connectivity index (χ3n) is 8.08. The maximum Gasteiger partial charge on any atom is 0.306 e. The summed E-state index contributed by atoms with van der Waals surface area (Å²) >= 11 is 0. The molecule has 2 N–H and O–H groups in total. The summed E-state index contributed by atoms with van der Waals surface area (Å²) in [4.78, 5) is 25.9. The lowest BCUT2D eigenvalue weighted by atomic mass is 9.75. The monoisotopic (exact) mass is 438 g/mol. The highest BCUT2D eigenvalue weighted by Crippen LogP contribution is 2.65. The number of H-pyrrole nitrogens is 1. The van der Waals surface area contributed by atoms with Crippen molar-refractivity contribution >= 4 is 11.9 Å². The first-order valence-electron chi connectivity index (χ1n) is 11.5. The molecule has 1 spiro atoms. The number of benzene rings is 1. The first-order chi connectivity index (χ1) is 15.5. The number of hydrogen-bond donors (Lipinski definition) is 2. The lowest BCUT2D eigenvalue weighted by molar-refractivity contribution is -0.144. The molecule has 2 aromatic rings. The summed E-state index contributed by atoms with van der Waals surface area (Å²) in [5, 5.41) is 19.6. The van der Waals surface area contributed by atoms with Gasteiger partial charge in [-0.15, -0.1) is 0 Å². The second-order valence-corrected chi connectivity index (χ2v) is 9.66. The van der Waals surface area contributed by atoms with E-state index in [-0.39, 0.29) is 23.8 Å². The second kappa shape index (κ2) is 8.31. The molecule has 8 heteroatoms. The number of carbonyl (C=O) groups excluding carboxylic acids is 1. The topological polar surface area (TPSA) is 108 Å². The van der Waals surface area contributed by atoms with Crippen molar-refractivity contribution in [2.24, 2.45) is 11.3 Å². The average molecular weight is 439 g/mol. The molecule has 170 valence electrons. The number of aromatic nitrogens is 3. The van der Waals surface area contributed by atoms with Gasteiger partial charge in [0.25, 0.3) is 5.91 Å². The average Bonchev–Trinajstić information content (AvgIpc) is 3.24. The highest BCUT2D eigenvalue weighted by molar-refractivity contribution is 5.91. The van der Waals surface area contributed by atoms with E-state index in [2.05, 4.69) is 39.7 Å². The molecule has 3 fully saturated rings. The summed E-state index contributed by atoms with van der Waals surface area (Å²) in [6.07, 6.45) is 6.86. The minimum atomic E-state index is -0.700. The smallest absolute Gasteiger partial charge is 0.306 e. The van der Waals surface area contributed by atoms with Gasteiger partial charge < -0.3 is 14.7 Å². The zero-order valence-corrected chi connectivity index (χ0v) is 18.4. The van der Waals surface area contributed by atoms with Crippen LogP contribution in [0.4, 0.5) is 0 Å². The number of carboxylic acids is 1. The normalized spacial score (nSPS) is 29.1. The predicted molar refractivity (Wildman–Crippen MR) is 116 cm³/mol. The second-order valence-electron chi connectivity index (χ2n) is 9.66. The molecule has 1 aromatic heterocycles. The molecule has 1 aliphatic heterocycles. The van der Waals surface area contributed by atoms with Crippen molar-refractivity contribution in [1.82, 2.24) is 20.3 Å². The van der Waals surface area contributed by atoms with E-state index in [0.717, 1.165) is 32.4 Å². The van der Waals surface area contributed by atoms with E-state index in [0.29, 0.717) is 29.9 Å². The third-order valence-corrected chi connectivity index (χ3v) is 8.08. The van der Waals surface area contributed by atoms with E-state index in [1.165, 1.54) is 23.7 Å². The Balaban J connectivity index is 1.22. The van der Waals surface area contributed by atoms with Gasteiger partial charge in [-0.05, 0) is 61.0 Å². The Labute approximate surface area is 187 Å². The Hall–Kier alpha value is -2.74. The summed E-state index contributed by atoms with van der Waals surface area (Å²) < 4.78 is 5.69. The minimum Gasteiger partial charge on any atom is -0.481 e. The molecule has 3 aliphatic rings. The molecule has 1 amide bonds. The van der Waals surface area contributed by atoms with Crippen LogP contribution >= 0.6 is 0 Å². The van der Waals surface area contributed by atoms with Gasteiger partial charge in [0.2, 0.25) is 0 Å². The number of nitrogens with one attached hydrogen (secondary N) is 1. The van der Waals surface area contributed by atoms with E-state index in [9.17, 15) is 14.7 Å². The van der Waals surface area contributed by atoms with Crippen molar-refractivity contribution < 1.29 is 19.4 Å². The van der Waals surface area contributed by atoms with E-state index in [1.54, 1.807) is 7.11 Å². The number of methoxy groups -OCH3 is 1. The van der Waals surface area contributed by atoms with E-state index >= 15 is 0 Å². The zero-order valence-electron chi connectivity index (χ0n) is 18.4. The number of carboxylic acid groups (broad SMARTS) is 1. The van der Waals surface area contributed by atoms with Gasteiger partial charge in [-0.25, -0.2) is 0 Å². The van der Waals surface area contributed by atoms with Crippen molar-refractivity contribution in [3.8, 4) is 0 Å². The fourth-order valence-electron chi connectivity index (χ4n) is 5.97. The van der Waals surface area contributed by atoms with Crippen molar-refractivity contribution in [3.63, 3.8) is 0 Å². The molecule has 2 aliphatic carbocycles. The van der Waals surface area contributed by atoms with Crippen molar-refractivity contribution in [3.05, 3.63) is 47.3 Å². The van der Waals surface area contributed by atoms with Crippen LogP contribution in [0.25, 0.3) is 0 Å².